The van der Waals surface area contributed by atoms with Gasteiger partial charge in [0.1, 0.15) is 11.8 Å². The molecule has 1 unspecified atom stereocenters. The Labute approximate surface area is 87.8 Å². The number of rotatable bonds is 3. The van der Waals surface area contributed by atoms with Gasteiger partial charge in [-0.3, -0.25) is 0 Å². The molecule has 2 heterocycles. The van der Waals surface area contributed by atoms with Crippen molar-refractivity contribution in [1.29, 1.82) is 0 Å². The molecule has 1 aliphatic rings. The molecular weight excluding hydrogens is 196 g/mol. The number of likely N-dealkylation sites (N-methyl/N-ethyl adjacent to an activating group) is 1. The van der Waals surface area contributed by atoms with Crippen molar-refractivity contribution in [2.45, 2.75) is 19.4 Å². The normalized spacial score (nSPS) is 17.7. The van der Waals surface area contributed by atoms with Crippen molar-refractivity contribution in [2.75, 3.05) is 13.7 Å². The van der Waals surface area contributed by atoms with Crippen LogP contribution in [-0.2, 0) is 4.74 Å². The van der Waals surface area contributed by atoms with Gasteiger partial charge in [0.15, 0.2) is 0 Å². The van der Waals surface area contributed by atoms with Gasteiger partial charge in [-0.25, -0.2) is 4.98 Å². The SMILES string of the molecule is CNC(C1=CCCO1)c1csc(C)n1. The van der Waals surface area contributed by atoms with Crippen LogP contribution in [0, 0.1) is 6.92 Å². The van der Waals surface area contributed by atoms with Crippen molar-refractivity contribution < 1.29 is 4.74 Å². The van der Waals surface area contributed by atoms with E-state index in [9.17, 15) is 0 Å². The molecule has 1 aromatic rings. The van der Waals surface area contributed by atoms with Crippen molar-refractivity contribution in [2.24, 2.45) is 0 Å². The number of aryl methyl sites for hydroxylation is 1. The minimum atomic E-state index is 0.127. The Kier molecular flexibility index (Phi) is 2.84. The van der Waals surface area contributed by atoms with Crippen molar-refractivity contribution >= 4 is 11.3 Å². The standard InChI is InChI=1S/C10H14N2OS/c1-7-12-8(6-14-7)10(11-2)9-4-3-5-13-9/h4,6,10-11H,3,5H2,1-2H3. The largest absolute Gasteiger partial charge is 0.496 e. The lowest BCUT2D eigenvalue weighted by Gasteiger charge is -2.14. The van der Waals surface area contributed by atoms with Gasteiger partial charge in [0.05, 0.1) is 17.3 Å². The van der Waals surface area contributed by atoms with E-state index in [1.165, 1.54) is 0 Å². The summed E-state index contributed by atoms with van der Waals surface area (Å²) in [6.07, 6.45) is 3.15. The van der Waals surface area contributed by atoms with Crippen LogP contribution in [0.25, 0.3) is 0 Å². The summed E-state index contributed by atoms with van der Waals surface area (Å²) in [5.41, 5.74) is 1.06. The Morgan fingerprint density at radius 3 is 3.00 bits per heavy atom. The fraction of sp³-hybridized carbons (Fsp3) is 0.500. The van der Waals surface area contributed by atoms with Crippen molar-refractivity contribution in [3.63, 3.8) is 0 Å². The number of hydrogen-bond donors (Lipinski definition) is 1. The maximum absolute atomic E-state index is 5.53. The highest BCUT2D eigenvalue weighted by Crippen LogP contribution is 2.26. The highest BCUT2D eigenvalue weighted by atomic mass is 32.1. The molecule has 2 rings (SSSR count). The second-order valence-corrected chi connectivity index (χ2v) is 4.32. The zero-order valence-electron chi connectivity index (χ0n) is 8.41. The predicted molar refractivity (Wildman–Crippen MR) is 57.3 cm³/mol. The molecule has 0 fully saturated rings. The Hall–Kier alpha value is -0.870. The molecule has 76 valence electrons. The Bertz CT molecular complexity index is 346. The lowest BCUT2D eigenvalue weighted by molar-refractivity contribution is 0.217. The van der Waals surface area contributed by atoms with Crippen molar-refractivity contribution in [3.8, 4) is 0 Å². The lowest BCUT2D eigenvalue weighted by atomic mass is 10.2. The first-order chi connectivity index (χ1) is 6.81. The number of aromatic nitrogens is 1. The number of thiazole rings is 1. The Morgan fingerprint density at radius 2 is 2.50 bits per heavy atom. The number of ether oxygens (including phenoxy) is 1. The third-order valence-corrected chi connectivity index (χ3v) is 3.03. The molecule has 0 radical (unpaired) electrons. The van der Waals surface area contributed by atoms with Gasteiger partial charge < -0.3 is 10.1 Å². The third kappa shape index (κ3) is 1.81. The van der Waals surface area contributed by atoms with E-state index < -0.39 is 0 Å². The van der Waals surface area contributed by atoms with Crippen LogP contribution in [0.4, 0.5) is 0 Å². The first kappa shape index (κ1) is 9.68. The van der Waals surface area contributed by atoms with E-state index >= 15 is 0 Å². The summed E-state index contributed by atoms with van der Waals surface area (Å²) in [5, 5.41) is 6.40. The van der Waals surface area contributed by atoms with Gasteiger partial charge in [-0.2, -0.15) is 0 Å². The van der Waals surface area contributed by atoms with Gasteiger partial charge in [0.25, 0.3) is 0 Å². The monoisotopic (exact) mass is 210 g/mol. The van der Waals surface area contributed by atoms with Gasteiger partial charge in [-0.15, -0.1) is 11.3 Å². The Morgan fingerprint density at radius 1 is 1.64 bits per heavy atom. The Balaban J connectivity index is 2.20. The van der Waals surface area contributed by atoms with E-state index in [4.69, 9.17) is 4.74 Å². The van der Waals surface area contributed by atoms with Crippen molar-refractivity contribution in [1.82, 2.24) is 10.3 Å². The summed E-state index contributed by atoms with van der Waals surface area (Å²) in [6, 6.07) is 0.127. The van der Waals surface area contributed by atoms with Gasteiger partial charge in [-0.05, 0) is 20.0 Å². The smallest absolute Gasteiger partial charge is 0.115 e. The fourth-order valence-corrected chi connectivity index (χ4v) is 2.22. The zero-order chi connectivity index (χ0) is 9.97. The quantitative estimate of drug-likeness (QED) is 0.828. The van der Waals surface area contributed by atoms with Crippen LogP contribution in [-0.4, -0.2) is 18.6 Å². The molecule has 0 saturated carbocycles. The molecule has 1 aromatic heterocycles. The second kappa shape index (κ2) is 4.11. The van der Waals surface area contributed by atoms with Gasteiger partial charge >= 0.3 is 0 Å². The molecule has 14 heavy (non-hydrogen) atoms. The molecule has 0 aliphatic carbocycles. The predicted octanol–water partition coefficient (Wildman–Crippen LogP) is 2.02. The fourth-order valence-electron chi connectivity index (χ4n) is 1.59. The molecular formula is C10H14N2OS. The van der Waals surface area contributed by atoms with Crippen LogP contribution in [0.2, 0.25) is 0 Å². The highest BCUT2D eigenvalue weighted by molar-refractivity contribution is 7.09. The van der Waals surface area contributed by atoms with Gasteiger partial charge in [0, 0.05) is 11.8 Å². The van der Waals surface area contributed by atoms with Gasteiger partial charge in [0.2, 0.25) is 0 Å². The first-order valence-corrected chi connectivity index (χ1v) is 5.61. The highest BCUT2D eigenvalue weighted by Gasteiger charge is 2.20. The first-order valence-electron chi connectivity index (χ1n) is 4.73. The number of nitrogens with zero attached hydrogens (tertiary/aromatic N) is 1. The summed E-state index contributed by atoms with van der Waals surface area (Å²) in [6.45, 7) is 2.82. The van der Waals surface area contributed by atoms with Gasteiger partial charge in [-0.1, -0.05) is 0 Å². The average molecular weight is 210 g/mol. The maximum Gasteiger partial charge on any atom is 0.115 e. The van der Waals surface area contributed by atoms with E-state index in [-0.39, 0.29) is 6.04 Å². The van der Waals surface area contributed by atoms with E-state index in [1.54, 1.807) is 11.3 Å². The molecule has 3 nitrogen and oxygen atoms in total. The number of nitrogens with one attached hydrogen (secondary N) is 1. The number of hydrogen-bond acceptors (Lipinski definition) is 4. The molecule has 4 heteroatoms. The molecule has 1 aliphatic heterocycles. The molecule has 0 amide bonds. The summed E-state index contributed by atoms with van der Waals surface area (Å²) >= 11 is 1.67. The van der Waals surface area contributed by atoms with E-state index in [1.807, 2.05) is 14.0 Å². The molecule has 1 atom stereocenters. The summed E-state index contributed by atoms with van der Waals surface area (Å²) < 4.78 is 5.53. The summed E-state index contributed by atoms with van der Waals surface area (Å²) in [5.74, 6) is 1.01. The van der Waals surface area contributed by atoms with Crippen molar-refractivity contribution in [3.05, 3.63) is 27.9 Å². The van der Waals surface area contributed by atoms with Crippen LogP contribution in [0.1, 0.15) is 23.2 Å². The third-order valence-electron chi connectivity index (χ3n) is 2.24. The molecule has 0 spiro atoms. The minimum Gasteiger partial charge on any atom is -0.496 e. The van der Waals surface area contributed by atoms with Crippen LogP contribution in [0.3, 0.4) is 0 Å². The summed E-state index contributed by atoms with van der Waals surface area (Å²) in [7, 11) is 1.93. The van der Waals surface area contributed by atoms with E-state index in [0.717, 1.165) is 29.5 Å². The lowest BCUT2D eigenvalue weighted by Crippen LogP contribution is -2.19. The molecule has 0 saturated heterocycles. The molecule has 1 N–H and O–H groups in total. The van der Waals surface area contributed by atoms with E-state index in [2.05, 4.69) is 21.8 Å². The van der Waals surface area contributed by atoms with Crippen LogP contribution < -0.4 is 5.32 Å². The maximum atomic E-state index is 5.53. The average Bonchev–Trinajstić information content (AvgIpc) is 2.79. The zero-order valence-corrected chi connectivity index (χ0v) is 9.23. The second-order valence-electron chi connectivity index (χ2n) is 3.26. The summed E-state index contributed by atoms with van der Waals surface area (Å²) in [4.78, 5) is 4.46. The molecule has 0 aromatic carbocycles. The van der Waals surface area contributed by atoms with E-state index in [0.29, 0.717) is 0 Å². The van der Waals surface area contributed by atoms with Crippen LogP contribution in [0.5, 0.6) is 0 Å². The van der Waals surface area contributed by atoms with Crippen LogP contribution >= 0.6 is 11.3 Å². The molecule has 0 bridgehead atoms. The van der Waals surface area contributed by atoms with Crippen LogP contribution in [0.15, 0.2) is 17.2 Å². The minimum absolute atomic E-state index is 0.127. The topological polar surface area (TPSA) is 34.1 Å².